The number of rotatable bonds is 4. The number of methoxy groups -OCH3 is 2. The number of carbonyl (C=O) groups excluding carboxylic acids is 1. The number of benzene rings is 2. The average molecular weight is 315 g/mol. The molecule has 6 nitrogen and oxygen atoms in total. The van der Waals surface area contributed by atoms with E-state index >= 15 is 0 Å². The molecule has 3 rings (SSSR count). The van der Waals surface area contributed by atoms with E-state index in [0.29, 0.717) is 22.6 Å². The predicted molar refractivity (Wildman–Crippen MR) is 84.2 cm³/mol. The Bertz CT molecular complexity index is 772. The first kappa shape index (κ1) is 15.0. The number of aryl methyl sites for hydroxylation is 1. The number of ether oxygens (including phenoxy) is 3. The van der Waals surface area contributed by atoms with E-state index in [1.54, 1.807) is 30.3 Å². The fourth-order valence-corrected chi connectivity index (χ4v) is 2.66. The second-order valence-corrected chi connectivity index (χ2v) is 5.19. The number of hydrogen-bond acceptors (Lipinski definition) is 6. The topological polar surface area (TPSA) is 77.0 Å². The third kappa shape index (κ3) is 2.52. The van der Waals surface area contributed by atoms with E-state index in [4.69, 9.17) is 14.2 Å². The summed E-state index contributed by atoms with van der Waals surface area (Å²) in [5, 5.41) is 12.6. The van der Waals surface area contributed by atoms with Gasteiger partial charge in [-0.05, 0) is 42.8 Å². The van der Waals surface area contributed by atoms with Crippen LogP contribution in [-0.4, -0.2) is 25.3 Å². The van der Waals surface area contributed by atoms with Crippen LogP contribution in [0.4, 0.5) is 5.69 Å². The first-order valence-corrected chi connectivity index (χ1v) is 7.07. The quantitative estimate of drug-likeness (QED) is 0.667. The minimum atomic E-state index is -0.624. The maximum Gasteiger partial charge on any atom is 0.344 e. The van der Waals surface area contributed by atoms with E-state index in [1.807, 2.05) is 6.92 Å². The number of hydrogen-bond donors (Lipinski definition) is 2. The van der Waals surface area contributed by atoms with Crippen molar-refractivity contribution in [2.24, 2.45) is 0 Å². The summed E-state index contributed by atoms with van der Waals surface area (Å²) in [4.78, 5) is 12.2. The summed E-state index contributed by atoms with van der Waals surface area (Å²) in [6.45, 7) is 1.86. The molecule has 1 aliphatic rings. The van der Waals surface area contributed by atoms with E-state index in [-0.39, 0.29) is 5.75 Å². The molecule has 23 heavy (non-hydrogen) atoms. The SMILES string of the molecule is COc1ccc2c(c1OC)C(=O)OC2Nc1ccc(O)cc1C. The molecule has 2 aromatic rings. The third-order valence-corrected chi connectivity index (χ3v) is 3.79. The highest BCUT2D eigenvalue weighted by Crippen LogP contribution is 2.42. The first-order chi connectivity index (χ1) is 11.0. The molecule has 0 bridgehead atoms. The fourth-order valence-electron chi connectivity index (χ4n) is 2.66. The molecule has 1 unspecified atom stereocenters. The van der Waals surface area contributed by atoms with Gasteiger partial charge in [-0.3, -0.25) is 0 Å². The Balaban J connectivity index is 1.99. The van der Waals surface area contributed by atoms with Crippen LogP contribution >= 0.6 is 0 Å². The average Bonchev–Trinajstić information content (AvgIpc) is 2.85. The lowest BCUT2D eigenvalue weighted by Gasteiger charge is -2.16. The smallest absolute Gasteiger partial charge is 0.344 e. The lowest BCUT2D eigenvalue weighted by Crippen LogP contribution is -2.11. The van der Waals surface area contributed by atoms with Gasteiger partial charge in [0.15, 0.2) is 11.5 Å². The largest absolute Gasteiger partial charge is 0.508 e. The minimum absolute atomic E-state index is 0.184. The summed E-state index contributed by atoms with van der Waals surface area (Å²) in [7, 11) is 3.00. The molecule has 6 heteroatoms. The van der Waals surface area contributed by atoms with Crippen LogP contribution in [0.5, 0.6) is 17.2 Å². The van der Waals surface area contributed by atoms with Crippen molar-refractivity contribution in [3.63, 3.8) is 0 Å². The van der Waals surface area contributed by atoms with Gasteiger partial charge in [0.1, 0.15) is 11.3 Å². The van der Waals surface area contributed by atoms with Gasteiger partial charge in [-0.15, -0.1) is 0 Å². The van der Waals surface area contributed by atoms with Crippen molar-refractivity contribution >= 4 is 11.7 Å². The van der Waals surface area contributed by atoms with E-state index < -0.39 is 12.2 Å². The van der Waals surface area contributed by atoms with Crippen molar-refractivity contribution < 1.29 is 24.1 Å². The Morgan fingerprint density at radius 1 is 1.17 bits per heavy atom. The summed E-state index contributed by atoms with van der Waals surface area (Å²) in [6.07, 6.45) is -0.624. The zero-order valence-electron chi connectivity index (χ0n) is 13.0. The Morgan fingerprint density at radius 2 is 1.96 bits per heavy atom. The van der Waals surface area contributed by atoms with Gasteiger partial charge < -0.3 is 24.6 Å². The van der Waals surface area contributed by atoms with Gasteiger partial charge in [-0.1, -0.05) is 0 Å². The molecular weight excluding hydrogens is 298 g/mol. The predicted octanol–water partition coefficient (Wildman–Crippen LogP) is 3.00. The van der Waals surface area contributed by atoms with Gasteiger partial charge >= 0.3 is 5.97 Å². The van der Waals surface area contributed by atoms with Crippen molar-refractivity contribution in [3.8, 4) is 17.2 Å². The number of cyclic esters (lactones) is 1. The Morgan fingerprint density at radius 3 is 2.61 bits per heavy atom. The molecule has 0 fully saturated rings. The minimum Gasteiger partial charge on any atom is -0.508 e. The van der Waals surface area contributed by atoms with Crippen molar-refractivity contribution in [3.05, 3.63) is 47.0 Å². The molecule has 0 spiro atoms. The normalized spacial score (nSPS) is 15.8. The molecule has 0 radical (unpaired) electrons. The molecule has 0 saturated carbocycles. The number of carbonyl (C=O) groups is 1. The number of phenols is 1. The number of fused-ring (bicyclic) bond motifs is 1. The lowest BCUT2D eigenvalue weighted by atomic mass is 10.1. The van der Waals surface area contributed by atoms with Crippen LogP contribution in [0.2, 0.25) is 0 Å². The van der Waals surface area contributed by atoms with E-state index in [0.717, 1.165) is 11.3 Å². The van der Waals surface area contributed by atoms with E-state index in [2.05, 4.69) is 5.32 Å². The van der Waals surface area contributed by atoms with Crippen LogP contribution in [0.25, 0.3) is 0 Å². The fraction of sp³-hybridized carbons (Fsp3) is 0.235. The van der Waals surface area contributed by atoms with Crippen molar-refractivity contribution in [1.82, 2.24) is 0 Å². The Hall–Kier alpha value is -2.89. The summed E-state index contributed by atoms with van der Waals surface area (Å²) in [6, 6.07) is 8.44. The number of anilines is 1. The monoisotopic (exact) mass is 315 g/mol. The van der Waals surface area contributed by atoms with Crippen molar-refractivity contribution in [1.29, 1.82) is 0 Å². The Kier molecular flexibility index (Phi) is 3.73. The summed E-state index contributed by atoms with van der Waals surface area (Å²) >= 11 is 0. The molecule has 0 amide bonds. The van der Waals surface area contributed by atoms with Gasteiger partial charge in [0.05, 0.1) is 14.2 Å². The number of esters is 1. The van der Waals surface area contributed by atoms with Crippen LogP contribution < -0.4 is 14.8 Å². The number of phenolic OH excluding ortho intramolecular Hbond substituents is 1. The van der Waals surface area contributed by atoms with Crippen LogP contribution in [0.1, 0.15) is 27.7 Å². The maximum absolute atomic E-state index is 12.2. The zero-order valence-corrected chi connectivity index (χ0v) is 13.0. The van der Waals surface area contributed by atoms with Crippen LogP contribution in [0, 0.1) is 6.92 Å². The second-order valence-electron chi connectivity index (χ2n) is 5.19. The Labute approximate surface area is 133 Å². The molecule has 0 aliphatic carbocycles. The molecule has 1 aliphatic heterocycles. The molecule has 120 valence electrons. The lowest BCUT2D eigenvalue weighted by molar-refractivity contribution is 0.0435. The highest BCUT2D eigenvalue weighted by atomic mass is 16.6. The molecular formula is C17H17NO5. The van der Waals surface area contributed by atoms with Crippen LogP contribution in [-0.2, 0) is 4.74 Å². The van der Waals surface area contributed by atoms with E-state index in [1.165, 1.54) is 14.2 Å². The highest BCUT2D eigenvalue weighted by Gasteiger charge is 2.36. The summed E-state index contributed by atoms with van der Waals surface area (Å²) < 4.78 is 15.9. The van der Waals surface area contributed by atoms with Crippen LogP contribution in [0.3, 0.4) is 0 Å². The zero-order chi connectivity index (χ0) is 16.6. The molecule has 0 saturated heterocycles. The maximum atomic E-state index is 12.2. The second kappa shape index (κ2) is 5.72. The van der Waals surface area contributed by atoms with Crippen LogP contribution in [0.15, 0.2) is 30.3 Å². The standard InChI is InChI=1S/C17H17NO5/c1-9-8-10(19)4-6-12(9)18-16-11-5-7-13(21-2)15(22-3)14(11)17(20)23-16/h4-8,16,18-19H,1-3H3. The van der Waals surface area contributed by atoms with Gasteiger partial charge in [0.25, 0.3) is 0 Å². The van der Waals surface area contributed by atoms with Gasteiger partial charge in [0, 0.05) is 11.3 Å². The van der Waals surface area contributed by atoms with Gasteiger partial charge in [0.2, 0.25) is 6.23 Å². The number of aromatic hydroxyl groups is 1. The van der Waals surface area contributed by atoms with Gasteiger partial charge in [-0.25, -0.2) is 4.79 Å². The molecule has 0 aromatic heterocycles. The molecule has 2 aromatic carbocycles. The molecule has 1 atom stereocenters. The van der Waals surface area contributed by atoms with Gasteiger partial charge in [-0.2, -0.15) is 0 Å². The van der Waals surface area contributed by atoms with E-state index in [9.17, 15) is 9.90 Å². The first-order valence-electron chi connectivity index (χ1n) is 7.07. The van der Waals surface area contributed by atoms with Crippen molar-refractivity contribution in [2.75, 3.05) is 19.5 Å². The third-order valence-electron chi connectivity index (χ3n) is 3.79. The highest BCUT2D eigenvalue weighted by molar-refractivity contribution is 5.98. The van der Waals surface area contributed by atoms with Crippen molar-refractivity contribution in [2.45, 2.75) is 13.2 Å². The molecule has 1 heterocycles. The molecule has 2 N–H and O–H groups in total. The number of nitrogens with one attached hydrogen (secondary N) is 1. The summed E-state index contributed by atoms with van der Waals surface area (Å²) in [5.74, 6) is 0.555. The summed E-state index contributed by atoms with van der Waals surface area (Å²) in [5.41, 5.74) is 2.65.